The van der Waals surface area contributed by atoms with Gasteiger partial charge in [-0.3, -0.25) is 0 Å². The van der Waals surface area contributed by atoms with E-state index in [1.807, 2.05) is 12.1 Å². The molecule has 1 heteroatoms. The largest absolute Gasteiger partial charge is 0.508 e. The van der Waals surface area contributed by atoms with Crippen molar-refractivity contribution in [2.24, 2.45) is 0 Å². The van der Waals surface area contributed by atoms with Crippen molar-refractivity contribution >= 4 is 0 Å². The summed E-state index contributed by atoms with van der Waals surface area (Å²) in [6, 6.07) is 7.97. The second kappa shape index (κ2) is 14.4. The smallest absolute Gasteiger partial charge is 0.119 e. The van der Waals surface area contributed by atoms with Gasteiger partial charge in [-0.25, -0.2) is 0 Å². The van der Waals surface area contributed by atoms with E-state index < -0.39 is 0 Å². The van der Waals surface area contributed by atoms with Crippen LogP contribution in [0.3, 0.4) is 0 Å². The molecule has 0 aliphatic rings. The lowest BCUT2D eigenvalue weighted by Gasteiger charge is -2.18. The highest BCUT2D eigenvalue weighted by Crippen LogP contribution is 2.33. The first-order valence-corrected chi connectivity index (χ1v) is 10.6. The Labute approximate surface area is 150 Å². The number of hydrogen-bond donors (Lipinski definition) is 1. The summed E-state index contributed by atoms with van der Waals surface area (Å²) < 4.78 is 0. The van der Waals surface area contributed by atoms with E-state index in [0.29, 0.717) is 11.7 Å². The number of rotatable bonds is 15. The zero-order valence-corrected chi connectivity index (χ0v) is 16.2. The van der Waals surface area contributed by atoms with Crippen molar-refractivity contribution in [3.05, 3.63) is 29.8 Å². The summed E-state index contributed by atoms with van der Waals surface area (Å²) in [5.74, 6) is 1.04. The van der Waals surface area contributed by atoms with Gasteiger partial charge in [0.05, 0.1) is 0 Å². The molecule has 0 heterocycles. The quantitative estimate of drug-likeness (QED) is 0.323. The van der Waals surface area contributed by atoms with Gasteiger partial charge in [-0.2, -0.15) is 0 Å². The molecule has 1 aromatic carbocycles. The predicted octanol–water partition coefficient (Wildman–Crippen LogP) is 7.98. The number of benzene rings is 1. The Kier molecular flexibility index (Phi) is 12.6. The van der Waals surface area contributed by atoms with Crippen LogP contribution in [0.1, 0.15) is 115 Å². The normalized spacial score (nSPS) is 12.4. The van der Waals surface area contributed by atoms with E-state index >= 15 is 0 Å². The van der Waals surface area contributed by atoms with Crippen LogP contribution in [0.5, 0.6) is 5.75 Å². The maximum atomic E-state index is 10.2. The third-order valence-electron chi connectivity index (χ3n) is 5.19. The minimum Gasteiger partial charge on any atom is -0.508 e. The molecule has 1 unspecified atom stereocenters. The Morgan fingerprint density at radius 1 is 0.667 bits per heavy atom. The number of aromatic hydroxyl groups is 1. The fourth-order valence-corrected chi connectivity index (χ4v) is 3.63. The Balaban J connectivity index is 2.26. The first-order chi connectivity index (χ1) is 11.8. The molecule has 0 bridgehead atoms. The number of para-hydroxylation sites is 1. The van der Waals surface area contributed by atoms with Gasteiger partial charge in [0, 0.05) is 0 Å². The second-order valence-electron chi connectivity index (χ2n) is 7.37. The van der Waals surface area contributed by atoms with E-state index in [2.05, 4.69) is 26.0 Å². The maximum Gasteiger partial charge on any atom is 0.119 e. The molecule has 1 aromatic rings. The van der Waals surface area contributed by atoms with E-state index in [1.165, 1.54) is 95.5 Å². The van der Waals surface area contributed by atoms with Gasteiger partial charge in [-0.1, -0.05) is 109 Å². The Bertz CT molecular complexity index is 399. The molecule has 0 amide bonds. The first kappa shape index (κ1) is 21.1. The summed E-state index contributed by atoms with van der Waals surface area (Å²) >= 11 is 0. The summed E-state index contributed by atoms with van der Waals surface area (Å²) in [4.78, 5) is 0. The highest BCUT2D eigenvalue weighted by Gasteiger charge is 2.14. The Hall–Kier alpha value is -0.980. The molecule has 0 aliphatic carbocycles. The van der Waals surface area contributed by atoms with Gasteiger partial charge >= 0.3 is 0 Å². The molecule has 0 spiro atoms. The molecule has 0 aromatic heterocycles. The van der Waals surface area contributed by atoms with E-state index in [1.54, 1.807) is 0 Å². The lowest BCUT2D eigenvalue weighted by Crippen LogP contribution is -2.00. The number of phenols is 1. The predicted molar refractivity (Wildman–Crippen MR) is 107 cm³/mol. The highest BCUT2D eigenvalue weighted by atomic mass is 16.3. The van der Waals surface area contributed by atoms with Crippen LogP contribution < -0.4 is 0 Å². The van der Waals surface area contributed by atoms with Gasteiger partial charge in [0.1, 0.15) is 5.75 Å². The van der Waals surface area contributed by atoms with Crippen LogP contribution in [0.15, 0.2) is 24.3 Å². The molecule has 0 saturated heterocycles. The standard InChI is InChI=1S/C23H40O/c1-3-5-7-8-9-10-11-12-14-18-21(17-13-6-4-2)22-19-15-16-20-23(22)24/h15-16,19-21,24H,3-14,17-18H2,1-2H3. The van der Waals surface area contributed by atoms with Gasteiger partial charge in [0.25, 0.3) is 0 Å². The number of phenolic OH excluding ortho intramolecular Hbond substituents is 1. The molecular weight excluding hydrogens is 292 g/mol. The van der Waals surface area contributed by atoms with E-state index in [4.69, 9.17) is 0 Å². The minimum atomic E-state index is 0.495. The molecule has 0 radical (unpaired) electrons. The van der Waals surface area contributed by atoms with Crippen LogP contribution in [0, 0.1) is 0 Å². The van der Waals surface area contributed by atoms with Crippen LogP contribution in [-0.4, -0.2) is 5.11 Å². The average Bonchev–Trinajstić information content (AvgIpc) is 2.59. The monoisotopic (exact) mass is 332 g/mol. The van der Waals surface area contributed by atoms with E-state index in [0.717, 1.165) is 0 Å². The Morgan fingerprint density at radius 3 is 1.71 bits per heavy atom. The van der Waals surface area contributed by atoms with Crippen LogP contribution in [-0.2, 0) is 0 Å². The van der Waals surface area contributed by atoms with Crippen molar-refractivity contribution in [3.63, 3.8) is 0 Å². The number of hydrogen-bond acceptors (Lipinski definition) is 1. The number of unbranched alkanes of at least 4 members (excludes halogenated alkanes) is 10. The molecule has 0 fully saturated rings. The topological polar surface area (TPSA) is 20.2 Å². The van der Waals surface area contributed by atoms with Crippen molar-refractivity contribution < 1.29 is 5.11 Å². The van der Waals surface area contributed by atoms with Gasteiger partial charge in [-0.15, -0.1) is 0 Å². The summed E-state index contributed by atoms with van der Waals surface area (Å²) in [6.07, 6.45) is 18.8. The van der Waals surface area contributed by atoms with Crippen LogP contribution in [0.25, 0.3) is 0 Å². The van der Waals surface area contributed by atoms with Crippen molar-refractivity contribution in [2.45, 2.75) is 110 Å². The van der Waals surface area contributed by atoms with Gasteiger partial charge in [0.2, 0.25) is 0 Å². The average molecular weight is 333 g/mol. The van der Waals surface area contributed by atoms with Crippen molar-refractivity contribution in [1.82, 2.24) is 0 Å². The molecular formula is C23H40O. The summed E-state index contributed by atoms with van der Waals surface area (Å²) in [7, 11) is 0. The van der Waals surface area contributed by atoms with Gasteiger partial charge < -0.3 is 5.11 Å². The third-order valence-corrected chi connectivity index (χ3v) is 5.19. The van der Waals surface area contributed by atoms with Crippen molar-refractivity contribution in [2.75, 3.05) is 0 Å². The SMILES string of the molecule is CCCCCCCCCCCC(CCCCC)c1ccccc1O. The molecule has 138 valence electrons. The summed E-state index contributed by atoms with van der Waals surface area (Å²) in [5.41, 5.74) is 1.17. The fourth-order valence-electron chi connectivity index (χ4n) is 3.63. The zero-order chi connectivity index (χ0) is 17.5. The third kappa shape index (κ3) is 9.35. The van der Waals surface area contributed by atoms with Gasteiger partial charge in [0.15, 0.2) is 0 Å². The van der Waals surface area contributed by atoms with Crippen LogP contribution in [0.4, 0.5) is 0 Å². The molecule has 1 N–H and O–H groups in total. The molecule has 1 rings (SSSR count). The molecule has 1 nitrogen and oxygen atoms in total. The maximum absolute atomic E-state index is 10.2. The van der Waals surface area contributed by atoms with Crippen molar-refractivity contribution in [1.29, 1.82) is 0 Å². The van der Waals surface area contributed by atoms with Gasteiger partial charge in [-0.05, 0) is 30.4 Å². The molecule has 0 saturated carbocycles. The lowest BCUT2D eigenvalue weighted by molar-refractivity contribution is 0.440. The fraction of sp³-hybridized carbons (Fsp3) is 0.739. The summed E-state index contributed by atoms with van der Waals surface area (Å²) in [6.45, 7) is 4.54. The van der Waals surface area contributed by atoms with E-state index in [9.17, 15) is 5.11 Å². The minimum absolute atomic E-state index is 0.495. The first-order valence-electron chi connectivity index (χ1n) is 10.6. The van der Waals surface area contributed by atoms with E-state index in [-0.39, 0.29) is 0 Å². The second-order valence-corrected chi connectivity index (χ2v) is 7.37. The summed E-state index contributed by atoms with van der Waals surface area (Å²) in [5, 5.41) is 10.2. The Morgan fingerprint density at radius 2 is 1.12 bits per heavy atom. The molecule has 24 heavy (non-hydrogen) atoms. The zero-order valence-electron chi connectivity index (χ0n) is 16.2. The molecule has 1 atom stereocenters. The van der Waals surface area contributed by atoms with Crippen molar-refractivity contribution in [3.8, 4) is 5.75 Å². The highest BCUT2D eigenvalue weighted by molar-refractivity contribution is 5.34. The van der Waals surface area contributed by atoms with Crippen LogP contribution >= 0.6 is 0 Å². The lowest BCUT2D eigenvalue weighted by atomic mass is 9.87. The molecule has 0 aliphatic heterocycles. The van der Waals surface area contributed by atoms with Crippen LogP contribution in [0.2, 0.25) is 0 Å².